The molecule has 1 heterocycles. The normalized spacial score (nSPS) is 9.62. The summed E-state index contributed by atoms with van der Waals surface area (Å²) in [6.07, 6.45) is 0.643. The summed E-state index contributed by atoms with van der Waals surface area (Å²) in [6.45, 7) is 0. The largest absolute Gasteiger partial charge is 0.478 e. The molecule has 0 saturated heterocycles. The van der Waals surface area contributed by atoms with Crippen LogP contribution >= 0.6 is 11.6 Å². The summed E-state index contributed by atoms with van der Waals surface area (Å²) in [7, 11) is 0. The molecule has 0 aliphatic heterocycles. The molecule has 0 spiro atoms. The van der Waals surface area contributed by atoms with Crippen LogP contribution in [-0.2, 0) is 0 Å². The molecule has 2 N–H and O–H groups in total. The average molecular weight is 202 g/mol. The number of carboxylic acids is 1. The summed E-state index contributed by atoms with van der Waals surface area (Å²) in [5, 5.41) is 8.36. The number of hydrogen-bond donors (Lipinski definition) is 2. The molecular weight excluding hydrogens is 198 g/mol. The van der Waals surface area contributed by atoms with E-state index in [1.165, 1.54) is 0 Å². The molecule has 0 unspecified atom stereocenters. The SMILES string of the molecule is O=Cc1[nH]c(C=O)c(C(=O)O)c1Cl. The molecule has 6 heteroatoms. The zero-order chi connectivity index (χ0) is 10.0. The molecule has 1 aromatic heterocycles. The van der Waals surface area contributed by atoms with Gasteiger partial charge in [-0.1, -0.05) is 11.6 Å². The van der Waals surface area contributed by atoms with E-state index in [1.54, 1.807) is 0 Å². The van der Waals surface area contributed by atoms with Gasteiger partial charge in [0.15, 0.2) is 12.6 Å². The van der Waals surface area contributed by atoms with Gasteiger partial charge in [-0.05, 0) is 0 Å². The fourth-order valence-corrected chi connectivity index (χ4v) is 1.17. The fraction of sp³-hybridized carbons (Fsp3) is 0. The molecule has 0 saturated carbocycles. The fourth-order valence-electron chi connectivity index (χ4n) is 0.894. The second kappa shape index (κ2) is 3.40. The lowest BCUT2D eigenvalue weighted by atomic mass is 10.2. The highest BCUT2D eigenvalue weighted by molar-refractivity contribution is 6.36. The van der Waals surface area contributed by atoms with Gasteiger partial charge in [-0.2, -0.15) is 0 Å². The van der Waals surface area contributed by atoms with Gasteiger partial charge >= 0.3 is 5.97 Å². The van der Waals surface area contributed by atoms with Crippen molar-refractivity contribution in [3.63, 3.8) is 0 Å². The molecule has 0 amide bonds. The minimum absolute atomic E-state index is 0.110. The van der Waals surface area contributed by atoms with E-state index in [9.17, 15) is 14.4 Å². The number of aromatic nitrogens is 1. The number of aldehydes is 2. The first-order valence-electron chi connectivity index (χ1n) is 3.17. The van der Waals surface area contributed by atoms with Gasteiger partial charge in [-0.3, -0.25) is 9.59 Å². The van der Waals surface area contributed by atoms with Crippen molar-refractivity contribution in [2.24, 2.45) is 0 Å². The van der Waals surface area contributed by atoms with Gasteiger partial charge in [0.2, 0.25) is 0 Å². The molecule has 0 bridgehead atoms. The Balaban J connectivity index is 3.45. The van der Waals surface area contributed by atoms with E-state index < -0.39 is 5.97 Å². The van der Waals surface area contributed by atoms with Gasteiger partial charge in [0.1, 0.15) is 5.56 Å². The van der Waals surface area contributed by atoms with E-state index in [0.29, 0.717) is 12.6 Å². The van der Waals surface area contributed by atoms with Crippen molar-refractivity contribution < 1.29 is 19.5 Å². The van der Waals surface area contributed by atoms with Crippen molar-refractivity contribution in [2.75, 3.05) is 0 Å². The number of aromatic carboxylic acids is 1. The van der Waals surface area contributed by atoms with Gasteiger partial charge in [0.25, 0.3) is 0 Å². The number of carbonyl (C=O) groups excluding carboxylic acids is 2. The zero-order valence-corrected chi connectivity index (χ0v) is 6.96. The van der Waals surface area contributed by atoms with Crippen molar-refractivity contribution in [1.29, 1.82) is 0 Å². The molecule has 0 radical (unpaired) electrons. The lowest BCUT2D eigenvalue weighted by molar-refractivity contribution is 0.0694. The van der Waals surface area contributed by atoms with Crippen molar-refractivity contribution >= 4 is 30.1 Å². The van der Waals surface area contributed by atoms with Crippen LogP contribution < -0.4 is 0 Å². The standard InChI is InChI=1S/C7H4ClNO4/c8-6-4(2-11)9-3(1-10)5(6)7(12)13/h1-2,9H,(H,12,13). The van der Waals surface area contributed by atoms with Crippen molar-refractivity contribution in [2.45, 2.75) is 0 Å². The quantitative estimate of drug-likeness (QED) is 0.714. The smallest absolute Gasteiger partial charge is 0.339 e. The van der Waals surface area contributed by atoms with Crippen LogP contribution in [0.5, 0.6) is 0 Å². The third-order valence-corrected chi connectivity index (χ3v) is 1.84. The summed E-state index contributed by atoms with van der Waals surface area (Å²) in [6, 6.07) is 0. The first-order chi connectivity index (χ1) is 6.11. The molecule has 1 rings (SSSR count). The Morgan fingerprint density at radius 3 is 2.15 bits per heavy atom. The maximum Gasteiger partial charge on any atom is 0.339 e. The minimum Gasteiger partial charge on any atom is -0.478 e. The summed E-state index contributed by atoms with van der Waals surface area (Å²) in [5.74, 6) is -1.35. The lowest BCUT2D eigenvalue weighted by Crippen LogP contribution is -1.99. The number of halogens is 1. The number of carboxylic acid groups (broad SMARTS) is 1. The maximum atomic E-state index is 10.6. The molecule has 0 aliphatic rings. The Morgan fingerprint density at radius 1 is 1.31 bits per heavy atom. The van der Waals surface area contributed by atoms with Crippen LogP contribution in [0.2, 0.25) is 5.02 Å². The predicted octanol–water partition coefficient (Wildman–Crippen LogP) is 0.991. The van der Waals surface area contributed by atoms with E-state index in [-0.39, 0.29) is 22.0 Å². The number of rotatable bonds is 3. The Bertz CT molecular complexity index is 382. The van der Waals surface area contributed by atoms with Gasteiger partial charge in [0.05, 0.1) is 16.4 Å². The second-order valence-electron chi connectivity index (χ2n) is 2.18. The summed E-state index contributed by atoms with van der Waals surface area (Å²) < 4.78 is 0. The number of nitrogens with one attached hydrogen (secondary N) is 1. The summed E-state index contributed by atoms with van der Waals surface area (Å²) in [4.78, 5) is 33.5. The highest BCUT2D eigenvalue weighted by Crippen LogP contribution is 2.22. The first-order valence-corrected chi connectivity index (χ1v) is 3.54. The third kappa shape index (κ3) is 1.46. The van der Waals surface area contributed by atoms with Crippen LogP contribution in [0.4, 0.5) is 0 Å². The monoisotopic (exact) mass is 201 g/mol. The molecule has 0 fully saturated rings. The van der Waals surface area contributed by atoms with Crippen LogP contribution in [0, 0.1) is 0 Å². The summed E-state index contributed by atoms with van der Waals surface area (Å²) in [5.41, 5.74) is -0.695. The molecule has 68 valence electrons. The lowest BCUT2D eigenvalue weighted by Gasteiger charge is -1.89. The Labute approximate surface area is 77.3 Å². The van der Waals surface area contributed by atoms with Crippen LogP contribution in [0.3, 0.4) is 0 Å². The van der Waals surface area contributed by atoms with E-state index in [2.05, 4.69) is 4.98 Å². The molecule has 0 aromatic carbocycles. The minimum atomic E-state index is -1.35. The Morgan fingerprint density at radius 2 is 1.85 bits per heavy atom. The van der Waals surface area contributed by atoms with Gasteiger partial charge in [-0.15, -0.1) is 0 Å². The zero-order valence-electron chi connectivity index (χ0n) is 6.20. The molecule has 13 heavy (non-hydrogen) atoms. The highest BCUT2D eigenvalue weighted by atomic mass is 35.5. The topological polar surface area (TPSA) is 87.2 Å². The van der Waals surface area contributed by atoms with Crippen molar-refractivity contribution in [1.82, 2.24) is 4.98 Å². The average Bonchev–Trinajstić information content (AvgIpc) is 2.41. The molecular formula is C7H4ClNO4. The van der Waals surface area contributed by atoms with E-state index in [1.807, 2.05) is 0 Å². The van der Waals surface area contributed by atoms with Crippen LogP contribution in [0.15, 0.2) is 0 Å². The summed E-state index contributed by atoms with van der Waals surface area (Å²) >= 11 is 5.50. The molecule has 5 nitrogen and oxygen atoms in total. The molecule has 0 atom stereocenters. The van der Waals surface area contributed by atoms with E-state index >= 15 is 0 Å². The predicted molar refractivity (Wildman–Crippen MR) is 43.5 cm³/mol. The molecule has 1 aromatic rings. The van der Waals surface area contributed by atoms with Crippen LogP contribution in [0.25, 0.3) is 0 Å². The third-order valence-electron chi connectivity index (χ3n) is 1.44. The van der Waals surface area contributed by atoms with E-state index in [4.69, 9.17) is 16.7 Å². The Hall–Kier alpha value is -1.62. The Kier molecular flexibility index (Phi) is 2.48. The van der Waals surface area contributed by atoms with E-state index in [0.717, 1.165) is 0 Å². The number of H-pyrrole nitrogens is 1. The van der Waals surface area contributed by atoms with Gasteiger partial charge in [0, 0.05) is 0 Å². The first kappa shape index (κ1) is 9.47. The van der Waals surface area contributed by atoms with Crippen molar-refractivity contribution in [3.8, 4) is 0 Å². The van der Waals surface area contributed by atoms with Crippen molar-refractivity contribution in [3.05, 3.63) is 22.0 Å². The number of hydrogen-bond acceptors (Lipinski definition) is 3. The maximum absolute atomic E-state index is 10.6. The van der Waals surface area contributed by atoms with Gasteiger partial charge in [-0.25, -0.2) is 4.79 Å². The molecule has 0 aliphatic carbocycles. The van der Waals surface area contributed by atoms with Crippen LogP contribution in [0.1, 0.15) is 31.3 Å². The van der Waals surface area contributed by atoms with Crippen LogP contribution in [-0.4, -0.2) is 28.6 Å². The van der Waals surface area contributed by atoms with Gasteiger partial charge < -0.3 is 10.1 Å². The number of carbonyl (C=O) groups is 3. The number of aromatic amines is 1. The second-order valence-corrected chi connectivity index (χ2v) is 2.56. The highest BCUT2D eigenvalue weighted by Gasteiger charge is 2.20.